The molecule has 1 rings (SSSR count). The summed E-state index contributed by atoms with van der Waals surface area (Å²) in [5, 5.41) is 11.7. The Bertz CT molecular complexity index is 523. The molecule has 0 aliphatic rings. The van der Waals surface area contributed by atoms with E-state index in [1.807, 2.05) is 25.1 Å². The minimum absolute atomic E-state index is 0.123. The zero-order valence-electron chi connectivity index (χ0n) is 13.0. The summed E-state index contributed by atoms with van der Waals surface area (Å²) in [6.45, 7) is 5.58. The number of amides is 1. The van der Waals surface area contributed by atoms with Crippen LogP contribution < -0.4 is 10.1 Å². The Labute approximate surface area is 125 Å². The van der Waals surface area contributed by atoms with Crippen LogP contribution in [0.25, 0.3) is 0 Å². The molecule has 0 fully saturated rings. The summed E-state index contributed by atoms with van der Waals surface area (Å²) in [4.78, 5) is 22.8. The zero-order chi connectivity index (χ0) is 16.0. The summed E-state index contributed by atoms with van der Waals surface area (Å²) in [5.74, 6) is -0.227. The second kappa shape index (κ2) is 7.11. The number of ether oxygens (including phenoxy) is 1. The van der Waals surface area contributed by atoms with Crippen molar-refractivity contribution in [1.29, 1.82) is 0 Å². The maximum Gasteiger partial charge on any atom is 0.309 e. The summed E-state index contributed by atoms with van der Waals surface area (Å²) >= 11 is 0. The summed E-state index contributed by atoms with van der Waals surface area (Å²) in [5.41, 5.74) is 1.05. The van der Waals surface area contributed by atoms with E-state index in [9.17, 15) is 9.59 Å². The predicted octanol–water partition coefficient (Wildman–Crippen LogP) is 2.16. The molecular formula is C16H23NO4. The lowest BCUT2D eigenvalue weighted by atomic mass is 9.90. The van der Waals surface area contributed by atoms with E-state index in [4.69, 9.17) is 9.84 Å². The largest absolute Gasteiger partial charge is 0.496 e. The number of aliphatic carboxylic acids is 1. The molecule has 1 aromatic carbocycles. The summed E-state index contributed by atoms with van der Waals surface area (Å²) in [6, 6.07) is 5.64. The van der Waals surface area contributed by atoms with Gasteiger partial charge in [-0.05, 0) is 44.4 Å². The molecule has 0 spiro atoms. The minimum atomic E-state index is -0.861. The second-order valence-corrected chi connectivity index (χ2v) is 5.77. The van der Waals surface area contributed by atoms with Crippen LogP contribution in [0.15, 0.2) is 18.2 Å². The Morgan fingerprint density at radius 2 is 2.00 bits per heavy atom. The molecule has 1 aromatic rings. The van der Waals surface area contributed by atoms with Crippen molar-refractivity contribution in [3.05, 3.63) is 29.3 Å². The number of carbonyl (C=O) groups excluding carboxylic acids is 1. The first-order valence-electron chi connectivity index (χ1n) is 6.90. The fourth-order valence-electron chi connectivity index (χ4n) is 1.84. The first-order valence-corrected chi connectivity index (χ1v) is 6.90. The highest BCUT2D eigenvalue weighted by molar-refractivity contribution is 5.79. The molecule has 0 atom stereocenters. The average molecular weight is 293 g/mol. The Morgan fingerprint density at radius 3 is 2.57 bits per heavy atom. The number of nitrogens with one attached hydrogen (secondary N) is 1. The molecule has 21 heavy (non-hydrogen) atoms. The lowest BCUT2D eigenvalue weighted by molar-refractivity contribution is -0.147. The second-order valence-electron chi connectivity index (χ2n) is 5.77. The van der Waals surface area contributed by atoms with Crippen molar-refractivity contribution in [2.24, 2.45) is 5.41 Å². The fraction of sp³-hybridized carbons (Fsp3) is 0.500. The molecule has 1 amide bonds. The van der Waals surface area contributed by atoms with Gasteiger partial charge >= 0.3 is 5.97 Å². The van der Waals surface area contributed by atoms with Gasteiger partial charge in [-0.25, -0.2) is 0 Å². The van der Waals surface area contributed by atoms with Gasteiger partial charge in [-0.2, -0.15) is 0 Å². The summed E-state index contributed by atoms with van der Waals surface area (Å²) < 4.78 is 5.22. The van der Waals surface area contributed by atoms with Crippen LogP contribution in [0.2, 0.25) is 0 Å². The number of benzene rings is 1. The van der Waals surface area contributed by atoms with Crippen molar-refractivity contribution in [1.82, 2.24) is 5.32 Å². The number of hydrogen-bond acceptors (Lipinski definition) is 3. The Balaban J connectivity index is 2.49. The zero-order valence-corrected chi connectivity index (χ0v) is 13.0. The van der Waals surface area contributed by atoms with Gasteiger partial charge in [0.1, 0.15) is 5.75 Å². The molecule has 2 N–H and O–H groups in total. The number of aryl methyl sites for hydroxylation is 1. The fourth-order valence-corrected chi connectivity index (χ4v) is 1.84. The normalized spacial score (nSPS) is 11.0. The first kappa shape index (κ1) is 17.0. The van der Waals surface area contributed by atoms with Crippen LogP contribution in [0.3, 0.4) is 0 Å². The monoisotopic (exact) mass is 293 g/mol. The van der Waals surface area contributed by atoms with Gasteiger partial charge in [-0.3, -0.25) is 9.59 Å². The number of carboxylic acids is 1. The van der Waals surface area contributed by atoms with Gasteiger partial charge in [0.2, 0.25) is 5.91 Å². The van der Waals surface area contributed by atoms with E-state index in [0.29, 0.717) is 13.0 Å². The Morgan fingerprint density at radius 1 is 1.33 bits per heavy atom. The number of methoxy groups -OCH3 is 1. The van der Waals surface area contributed by atoms with Crippen molar-refractivity contribution < 1.29 is 19.4 Å². The summed E-state index contributed by atoms with van der Waals surface area (Å²) in [7, 11) is 1.60. The third-order valence-corrected chi connectivity index (χ3v) is 3.49. The highest BCUT2D eigenvalue weighted by Gasteiger charge is 2.26. The number of carboxylic acid groups (broad SMARTS) is 1. The van der Waals surface area contributed by atoms with Crippen LogP contribution in [0, 0.1) is 12.3 Å². The van der Waals surface area contributed by atoms with E-state index in [1.54, 1.807) is 21.0 Å². The SMILES string of the molecule is COc1cc(CC(=O)NCCC(C)(C)C(=O)O)ccc1C. The lowest BCUT2D eigenvalue weighted by Crippen LogP contribution is -2.32. The molecule has 0 unspecified atom stereocenters. The maximum atomic E-state index is 11.9. The molecular weight excluding hydrogens is 270 g/mol. The van der Waals surface area contributed by atoms with E-state index in [1.165, 1.54) is 0 Å². The van der Waals surface area contributed by atoms with Gasteiger partial charge in [-0.15, -0.1) is 0 Å². The molecule has 0 radical (unpaired) electrons. The molecule has 0 aromatic heterocycles. The van der Waals surface area contributed by atoms with Crippen molar-refractivity contribution in [3.8, 4) is 5.75 Å². The van der Waals surface area contributed by atoms with Crippen molar-refractivity contribution in [3.63, 3.8) is 0 Å². The molecule has 0 aliphatic carbocycles. The lowest BCUT2D eigenvalue weighted by Gasteiger charge is -2.18. The van der Waals surface area contributed by atoms with Crippen LogP contribution in [0.1, 0.15) is 31.4 Å². The minimum Gasteiger partial charge on any atom is -0.496 e. The van der Waals surface area contributed by atoms with E-state index in [2.05, 4.69) is 5.32 Å². The average Bonchev–Trinajstić information content (AvgIpc) is 2.40. The van der Waals surface area contributed by atoms with Crippen molar-refractivity contribution in [2.45, 2.75) is 33.6 Å². The van der Waals surface area contributed by atoms with Crippen LogP contribution in [-0.2, 0) is 16.0 Å². The van der Waals surface area contributed by atoms with Crippen molar-refractivity contribution in [2.75, 3.05) is 13.7 Å². The number of hydrogen-bond donors (Lipinski definition) is 2. The molecule has 5 nitrogen and oxygen atoms in total. The maximum absolute atomic E-state index is 11.9. The molecule has 5 heteroatoms. The smallest absolute Gasteiger partial charge is 0.309 e. The van der Waals surface area contributed by atoms with Gasteiger partial charge in [0, 0.05) is 6.54 Å². The predicted molar refractivity (Wildman–Crippen MR) is 80.5 cm³/mol. The Kier molecular flexibility index (Phi) is 5.76. The Hall–Kier alpha value is -2.04. The van der Waals surface area contributed by atoms with Gasteiger partial charge in [0.05, 0.1) is 18.9 Å². The van der Waals surface area contributed by atoms with Gasteiger partial charge in [-0.1, -0.05) is 12.1 Å². The number of rotatable bonds is 7. The quantitative estimate of drug-likeness (QED) is 0.808. The van der Waals surface area contributed by atoms with Crippen LogP contribution in [0.4, 0.5) is 0 Å². The van der Waals surface area contributed by atoms with E-state index in [-0.39, 0.29) is 12.3 Å². The van der Waals surface area contributed by atoms with Gasteiger partial charge in [0.15, 0.2) is 0 Å². The third-order valence-electron chi connectivity index (χ3n) is 3.49. The third kappa shape index (κ3) is 5.10. The molecule has 0 heterocycles. The van der Waals surface area contributed by atoms with Crippen LogP contribution in [0.5, 0.6) is 5.75 Å². The highest BCUT2D eigenvalue weighted by atomic mass is 16.5. The van der Waals surface area contributed by atoms with Crippen LogP contribution >= 0.6 is 0 Å². The number of carbonyl (C=O) groups is 2. The first-order chi connectivity index (χ1) is 9.76. The molecule has 0 aliphatic heterocycles. The van der Waals surface area contributed by atoms with Crippen LogP contribution in [-0.4, -0.2) is 30.6 Å². The topological polar surface area (TPSA) is 75.6 Å². The molecule has 0 saturated carbocycles. The molecule has 116 valence electrons. The molecule has 0 bridgehead atoms. The highest BCUT2D eigenvalue weighted by Crippen LogP contribution is 2.20. The van der Waals surface area contributed by atoms with Crippen molar-refractivity contribution >= 4 is 11.9 Å². The van der Waals surface area contributed by atoms with Gasteiger partial charge in [0.25, 0.3) is 0 Å². The summed E-state index contributed by atoms with van der Waals surface area (Å²) in [6.07, 6.45) is 0.648. The standard InChI is InChI=1S/C16H23NO4/c1-11-5-6-12(9-13(11)21-4)10-14(18)17-8-7-16(2,3)15(19)20/h5-6,9H,7-8,10H2,1-4H3,(H,17,18)(H,19,20). The van der Waals surface area contributed by atoms with E-state index in [0.717, 1.165) is 16.9 Å². The van der Waals surface area contributed by atoms with E-state index >= 15 is 0 Å². The van der Waals surface area contributed by atoms with E-state index < -0.39 is 11.4 Å². The molecule has 0 saturated heterocycles. The van der Waals surface area contributed by atoms with Gasteiger partial charge < -0.3 is 15.2 Å².